The topological polar surface area (TPSA) is 72.1 Å². The van der Waals surface area contributed by atoms with Crippen molar-refractivity contribution in [3.63, 3.8) is 0 Å². The summed E-state index contributed by atoms with van der Waals surface area (Å²) in [4.78, 5) is 7.72. The maximum atomic E-state index is 13.6. The zero-order chi connectivity index (χ0) is 21.8. The maximum absolute atomic E-state index is 13.6. The zero-order valence-electron chi connectivity index (χ0n) is 17.6. The lowest BCUT2D eigenvalue weighted by atomic mass is 9.96. The van der Waals surface area contributed by atoms with Gasteiger partial charge in [0.05, 0.1) is 23.5 Å². The van der Waals surface area contributed by atoms with E-state index < -0.39 is 9.84 Å². The molecule has 0 bridgehead atoms. The average Bonchev–Trinajstić information content (AvgIpc) is 3.41. The molecule has 0 spiro atoms. The number of hydrogen-bond acceptors (Lipinski definition) is 4. The Bertz CT molecular complexity index is 1180. The Hall–Kier alpha value is -2.51. The third-order valence-corrected chi connectivity index (χ3v) is 7.45. The third kappa shape index (κ3) is 5.05. The standard InChI is InChI=1S/C24H27FN2O3S/c1-2-30-11-12-31(28,29)21-9-7-18(8-10-21)22(13-17-5-3-4-6-17)23-15-19-14-20(25)16-26-24(19)27-23/h7-10,13-17H,2-6,11-12H2,1H3,(H,26,27)/b22-13+. The molecule has 31 heavy (non-hydrogen) atoms. The lowest BCUT2D eigenvalue weighted by molar-refractivity contribution is 0.163. The number of rotatable bonds is 8. The van der Waals surface area contributed by atoms with E-state index in [-0.39, 0.29) is 23.1 Å². The van der Waals surface area contributed by atoms with Crippen LogP contribution < -0.4 is 0 Å². The molecule has 0 saturated heterocycles. The van der Waals surface area contributed by atoms with Crippen LogP contribution in [0.15, 0.2) is 53.6 Å². The first-order valence-electron chi connectivity index (χ1n) is 10.7. The van der Waals surface area contributed by atoms with Gasteiger partial charge in [-0.1, -0.05) is 31.1 Å². The van der Waals surface area contributed by atoms with Crippen LogP contribution in [0.1, 0.15) is 43.9 Å². The highest BCUT2D eigenvalue weighted by molar-refractivity contribution is 7.91. The third-order valence-electron chi connectivity index (χ3n) is 5.75. The number of hydrogen-bond donors (Lipinski definition) is 1. The molecule has 0 amide bonds. The number of allylic oxidation sites excluding steroid dienone is 1. The number of pyridine rings is 1. The fourth-order valence-electron chi connectivity index (χ4n) is 4.11. The molecule has 0 unspecified atom stereocenters. The van der Waals surface area contributed by atoms with E-state index in [2.05, 4.69) is 16.0 Å². The Morgan fingerprint density at radius 3 is 2.68 bits per heavy atom. The highest BCUT2D eigenvalue weighted by atomic mass is 32.2. The fourth-order valence-corrected chi connectivity index (χ4v) is 5.23. The van der Waals surface area contributed by atoms with Gasteiger partial charge in [0.2, 0.25) is 0 Å². The van der Waals surface area contributed by atoms with Crippen LogP contribution in [0.4, 0.5) is 4.39 Å². The number of aromatic nitrogens is 2. The Labute approximate surface area is 182 Å². The van der Waals surface area contributed by atoms with Crippen molar-refractivity contribution >= 4 is 26.4 Å². The first kappa shape index (κ1) is 21.7. The molecule has 1 aliphatic carbocycles. The molecule has 1 aliphatic rings. The summed E-state index contributed by atoms with van der Waals surface area (Å²) >= 11 is 0. The smallest absolute Gasteiger partial charge is 0.180 e. The zero-order valence-corrected chi connectivity index (χ0v) is 18.4. The number of nitrogens with zero attached hydrogens (tertiary/aromatic N) is 1. The van der Waals surface area contributed by atoms with Crippen LogP contribution in [-0.2, 0) is 14.6 Å². The van der Waals surface area contributed by atoms with Gasteiger partial charge >= 0.3 is 0 Å². The molecule has 1 N–H and O–H groups in total. The van der Waals surface area contributed by atoms with E-state index in [1.165, 1.54) is 25.1 Å². The van der Waals surface area contributed by atoms with Crippen molar-refractivity contribution in [2.45, 2.75) is 37.5 Å². The molecular weight excluding hydrogens is 415 g/mol. The van der Waals surface area contributed by atoms with Gasteiger partial charge in [0.25, 0.3) is 0 Å². The lowest BCUT2D eigenvalue weighted by Crippen LogP contribution is -2.12. The Morgan fingerprint density at radius 2 is 1.97 bits per heavy atom. The van der Waals surface area contributed by atoms with Gasteiger partial charge < -0.3 is 9.72 Å². The average molecular weight is 443 g/mol. The molecule has 1 fully saturated rings. The van der Waals surface area contributed by atoms with Crippen LogP contribution in [0.3, 0.4) is 0 Å². The molecule has 0 atom stereocenters. The van der Waals surface area contributed by atoms with Crippen molar-refractivity contribution in [2.75, 3.05) is 19.0 Å². The predicted molar refractivity (Wildman–Crippen MR) is 120 cm³/mol. The van der Waals surface area contributed by atoms with Crippen molar-refractivity contribution in [1.82, 2.24) is 9.97 Å². The van der Waals surface area contributed by atoms with E-state index in [1.54, 1.807) is 12.1 Å². The maximum Gasteiger partial charge on any atom is 0.180 e. The molecular formula is C24H27FN2O3S. The van der Waals surface area contributed by atoms with Crippen molar-refractivity contribution in [3.05, 3.63) is 65.7 Å². The molecule has 2 heterocycles. The van der Waals surface area contributed by atoms with Crippen LogP contribution in [0.5, 0.6) is 0 Å². The Balaban J connectivity index is 1.68. The highest BCUT2D eigenvalue weighted by Gasteiger charge is 2.18. The normalized spacial score (nSPS) is 15.7. The molecule has 3 aromatic rings. The van der Waals surface area contributed by atoms with Gasteiger partial charge in [0, 0.05) is 23.3 Å². The molecule has 4 rings (SSSR count). The minimum Gasteiger partial charge on any atom is -0.381 e. The number of fused-ring (bicyclic) bond motifs is 1. The van der Waals surface area contributed by atoms with Crippen LogP contribution in [0.2, 0.25) is 0 Å². The Kier molecular flexibility index (Phi) is 6.53. The van der Waals surface area contributed by atoms with E-state index in [1.807, 2.05) is 25.1 Å². The molecule has 0 aliphatic heterocycles. The number of ether oxygens (including phenoxy) is 1. The van der Waals surface area contributed by atoms with E-state index >= 15 is 0 Å². The molecule has 164 valence electrons. The Morgan fingerprint density at radius 1 is 1.23 bits per heavy atom. The minimum atomic E-state index is -3.39. The number of sulfone groups is 1. The summed E-state index contributed by atoms with van der Waals surface area (Å²) in [7, 11) is -3.39. The SMILES string of the molecule is CCOCCS(=O)(=O)c1ccc(/C(=C\C2CCCC2)c2cc3cc(F)cnc3[nH]2)cc1. The molecule has 7 heteroatoms. The van der Waals surface area contributed by atoms with Gasteiger partial charge in [0.15, 0.2) is 9.84 Å². The van der Waals surface area contributed by atoms with Crippen molar-refractivity contribution in [3.8, 4) is 0 Å². The van der Waals surface area contributed by atoms with Gasteiger partial charge in [-0.05, 0) is 55.5 Å². The van der Waals surface area contributed by atoms with Gasteiger partial charge in [-0.15, -0.1) is 0 Å². The first-order valence-corrected chi connectivity index (χ1v) is 12.4. The molecule has 1 saturated carbocycles. The molecule has 0 radical (unpaired) electrons. The number of aromatic amines is 1. The van der Waals surface area contributed by atoms with Crippen LogP contribution in [0, 0.1) is 11.7 Å². The second kappa shape index (κ2) is 9.32. The van der Waals surface area contributed by atoms with Crippen molar-refractivity contribution in [1.29, 1.82) is 0 Å². The summed E-state index contributed by atoms with van der Waals surface area (Å²) in [5.74, 6) is 0.0613. The summed E-state index contributed by atoms with van der Waals surface area (Å²) in [6.45, 7) is 2.52. The monoisotopic (exact) mass is 442 g/mol. The van der Waals surface area contributed by atoms with E-state index in [9.17, 15) is 12.8 Å². The first-order chi connectivity index (χ1) is 15.0. The van der Waals surface area contributed by atoms with Crippen LogP contribution in [0.25, 0.3) is 16.6 Å². The van der Waals surface area contributed by atoms with Gasteiger partial charge in [0.1, 0.15) is 11.5 Å². The van der Waals surface area contributed by atoms with Crippen molar-refractivity contribution < 1.29 is 17.5 Å². The van der Waals surface area contributed by atoms with Crippen LogP contribution in [-0.4, -0.2) is 37.4 Å². The fraction of sp³-hybridized carbons (Fsp3) is 0.375. The van der Waals surface area contributed by atoms with Gasteiger partial charge in [-0.2, -0.15) is 0 Å². The number of halogens is 1. The lowest BCUT2D eigenvalue weighted by Gasteiger charge is -2.11. The molecule has 5 nitrogen and oxygen atoms in total. The van der Waals surface area contributed by atoms with E-state index in [4.69, 9.17) is 4.74 Å². The second-order valence-corrected chi connectivity index (χ2v) is 10.0. The number of nitrogens with one attached hydrogen (secondary N) is 1. The largest absolute Gasteiger partial charge is 0.381 e. The minimum absolute atomic E-state index is 0.0375. The summed E-state index contributed by atoms with van der Waals surface area (Å²) in [5, 5.41) is 0.711. The second-order valence-electron chi connectivity index (χ2n) is 7.94. The van der Waals surface area contributed by atoms with Crippen LogP contribution >= 0.6 is 0 Å². The van der Waals surface area contributed by atoms with E-state index in [0.717, 1.165) is 29.7 Å². The van der Waals surface area contributed by atoms with E-state index in [0.29, 0.717) is 23.6 Å². The summed E-state index contributed by atoms with van der Waals surface area (Å²) in [5.41, 5.74) is 3.39. The van der Waals surface area contributed by atoms with Gasteiger partial charge in [-0.3, -0.25) is 0 Å². The summed E-state index contributed by atoms with van der Waals surface area (Å²) in [6.07, 6.45) is 8.16. The van der Waals surface area contributed by atoms with Gasteiger partial charge in [-0.25, -0.2) is 17.8 Å². The number of H-pyrrole nitrogens is 1. The van der Waals surface area contributed by atoms with Crippen molar-refractivity contribution in [2.24, 2.45) is 5.92 Å². The quantitative estimate of drug-likeness (QED) is 0.491. The number of benzene rings is 1. The predicted octanol–water partition coefficient (Wildman–Crippen LogP) is 5.13. The molecule has 2 aromatic heterocycles. The summed E-state index contributed by atoms with van der Waals surface area (Å²) in [6, 6.07) is 10.4. The highest BCUT2D eigenvalue weighted by Crippen LogP contribution is 2.33. The molecule has 1 aromatic carbocycles. The summed E-state index contributed by atoms with van der Waals surface area (Å²) < 4.78 is 43.9.